The summed E-state index contributed by atoms with van der Waals surface area (Å²) in [5, 5.41) is 1.32. The fourth-order valence-electron chi connectivity index (χ4n) is 2.29. The van der Waals surface area contributed by atoms with Gasteiger partial charge in [0.1, 0.15) is 18.0 Å². The number of nitrogens with two attached hydrogens (primary N) is 1. The van der Waals surface area contributed by atoms with Crippen molar-refractivity contribution in [2.75, 3.05) is 0 Å². The van der Waals surface area contributed by atoms with Gasteiger partial charge in [0.05, 0.1) is 0 Å². The van der Waals surface area contributed by atoms with E-state index in [2.05, 4.69) is 4.98 Å². The van der Waals surface area contributed by atoms with Crippen molar-refractivity contribution in [1.29, 1.82) is 0 Å². The predicted molar refractivity (Wildman–Crippen MR) is 85.8 cm³/mol. The second kappa shape index (κ2) is 6.27. The van der Waals surface area contributed by atoms with Crippen molar-refractivity contribution >= 4 is 22.6 Å². The molecule has 23 heavy (non-hydrogen) atoms. The quantitative estimate of drug-likeness (QED) is 0.751. The molecule has 0 saturated carbocycles. The van der Waals surface area contributed by atoms with Crippen molar-refractivity contribution in [2.45, 2.75) is 6.61 Å². The van der Waals surface area contributed by atoms with E-state index in [0.29, 0.717) is 10.8 Å². The summed E-state index contributed by atoms with van der Waals surface area (Å²) in [5.74, 6) is -1.28. The number of aromatic nitrogens is 1. The number of benzene rings is 2. The van der Waals surface area contributed by atoms with Crippen LogP contribution in [-0.2, 0) is 11.3 Å². The van der Waals surface area contributed by atoms with Crippen LogP contribution in [0.4, 0.5) is 0 Å². The summed E-state index contributed by atoms with van der Waals surface area (Å²) >= 11 is 0. The van der Waals surface area contributed by atoms with Crippen molar-refractivity contribution in [3.8, 4) is 0 Å². The summed E-state index contributed by atoms with van der Waals surface area (Å²) < 4.78 is 5.24. The van der Waals surface area contributed by atoms with E-state index in [0.717, 1.165) is 5.56 Å². The van der Waals surface area contributed by atoms with Gasteiger partial charge in [0, 0.05) is 5.39 Å². The molecule has 0 radical (unpaired) electrons. The van der Waals surface area contributed by atoms with Crippen molar-refractivity contribution in [3.05, 3.63) is 77.6 Å². The van der Waals surface area contributed by atoms with Crippen LogP contribution in [0.2, 0.25) is 0 Å². The number of rotatable bonds is 4. The lowest BCUT2D eigenvalue weighted by atomic mass is 10.1. The molecular formula is C18H14N2O3. The van der Waals surface area contributed by atoms with Crippen LogP contribution in [0, 0.1) is 0 Å². The number of carbonyl (C=O) groups is 2. The Morgan fingerprint density at radius 3 is 2.43 bits per heavy atom. The molecule has 5 nitrogen and oxygen atoms in total. The largest absolute Gasteiger partial charge is 0.456 e. The molecule has 0 saturated heterocycles. The lowest BCUT2D eigenvalue weighted by molar-refractivity contribution is 0.0466. The van der Waals surface area contributed by atoms with E-state index in [1.165, 1.54) is 0 Å². The highest BCUT2D eigenvalue weighted by Crippen LogP contribution is 2.19. The first-order chi connectivity index (χ1) is 11.1. The van der Waals surface area contributed by atoms with Crippen LogP contribution in [-0.4, -0.2) is 16.9 Å². The Bertz CT molecular complexity index is 876. The van der Waals surface area contributed by atoms with Crippen molar-refractivity contribution < 1.29 is 14.3 Å². The van der Waals surface area contributed by atoms with E-state index in [1.54, 1.807) is 24.3 Å². The number of esters is 1. The van der Waals surface area contributed by atoms with Gasteiger partial charge in [-0.05, 0) is 17.0 Å². The smallest absolute Gasteiger partial charge is 0.357 e. The second-order valence-electron chi connectivity index (χ2n) is 5.00. The fourth-order valence-corrected chi connectivity index (χ4v) is 2.29. The molecule has 1 heterocycles. The third kappa shape index (κ3) is 3.18. The SMILES string of the molecule is NC(=O)c1nc(C(=O)OCc2ccccc2)cc2ccccc12. The molecule has 0 bridgehead atoms. The molecule has 5 heteroatoms. The lowest BCUT2D eigenvalue weighted by Crippen LogP contribution is -2.17. The zero-order chi connectivity index (χ0) is 16.2. The second-order valence-corrected chi connectivity index (χ2v) is 5.00. The summed E-state index contributed by atoms with van der Waals surface area (Å²) in [6, 6.07) is 18.0. The van der Waals surface area contributed by atoms with Crippen LogP contribution in [0.1, 0.15) is 26.5 Å². The van der Waals surface area contributed by atoms with Crippen LogP contribution < -0.4 is 5.73 Å². The maximum atomic E-state index is 12.2. The number of hydrogen-bond acceptors (Lipinski definition) is 4. The number of fused-ring (bicyclic) bond motifs is 1. The molecule has 0 fully saturated rings. The molecule has 0 aliphatic rings. The molecule has 114 valence electrons. The molecule has 3 rings (SSSR count). The fraction of sp³-hybridized carbons (Fsp3) is 0.0556. The zero-order valence-corrected chi connectivity index (χ0v) is 12.2. The van der Waals surface area contributed by atoms with Crippen molar-refractivity contribution in [2.24, 2.45) is 5.73 Å². The van der Waals surface area contributed by atoms with E-state index in [9.17, 15) is 9.59 Å². The number of pyridine rings is 1. The summed E-state index contributed by atoms with van der Waals surface area (Å²) in [6.07, 6.45) is 0. The van der Waals surface area contributed by atoms with Gasteiger partial charge >= 0.3 is 5.97 Å². The summed E-state index contributed by atoms with van der Waals surface area (Å²) in [5.41, 5.74) is 6.36. The Kier molecular flexibility index (Phi) is 4.01. The number of primary amides is 1. The highest BCUT2D eigenvalue weighted by atomic mass is 16.5. The zero-order valence-electron chi connectivity index (χ0n) is 12.2. The molecule has 0 spiro atoms. The minimum Gasteiger partial charge on any atom is -0.456 e. The molecule has 2 aromatic carbocycles. The average molecular weight is 306 g/mol. The summed E-state index contributed by atoms with van der Waals surface area (Å²) in [4.78, 5) is 27.8. The molecule has 2 N–H and O–H groups in total. The molecule has 0 aliphatic carbocycles. The number of amides is 1. The molecule has 0 aliphatic heterocycles. The van der Waals surface area contributed by atoms with Crippen LogP contribution in [0.5, 0.6) is 0 Å². The maximum absolute atomic E-state index is 12.2. The number of nitrogens with zero attached hydrogens (tertiary/aromatic N) is 1. The molecular weight excluding hydrogens is 292 g/mol. The minimum atomic E-state index is -0.682. The van der Waals surface area contributed by atoms with Gasteiger partial charge in [0.25, 0.3) is 5.91 Å². The molecule has 3 aromatic rings. The Balaban J connectivity index is 1.90. The average Bonchev–Trinajstić information content (AvgIpc) is 2.59. The van der Waals surface area contributed by atoms with E-state index >= 15 is 0 Å². The van der Waals surface area contributed by atoms with E-state index in [-0.39, 0.29) is 18.0 Å². The van der Waals surface area contributed by atoms with Gasteiger partial charge in [-0.3, -0.25) is 4.79 Å². The standard InChI is InChI=1S/C18H14N2O3/c19-17(21)16-14-9-5-4-8-13(14)10-15(20-16)18(22)23-11-12-6-2-1-3-7-12/h1-10H,11H2,(H2,19,21). The van der Waals surface area contributed by atoms with Gasteiger partial charge in [-0.1, -0.05) is 54.6 Å². The first-order valence-corrected chi connectivity index (χ1v) is 7.06. The van der Waals surface area contributed by atoms with Gasteiger partial charge in [-0.25, -0.2) is 9.78 Å². The molecule has 0 unspecified atom stereocenters. The first-order valence-electron chi connectivity index (χ1n) is 7.06. The third-order valence-corrected chi connectivity index (χ3v) is 3.40. The molecule has 1 aromatic heterocycles. The van der Waals surface area contributed by atoms with Gasteiger partial charge in [-0.2, -0.15) is 0 Å². The number of carbonyl (C=O) groups excluding carboxylic acids is 2. The Morgan fingerprint density at radius 1 is 1.00 bits per heavy atom. The van der Waals surface area contributed by atoms with Crippen molar-refractivity contribution in [3.63, 3.8) is 0 Å². The first kappa shape index (κ1) is 14.7. The van der Waals surface area contributed by atoms with Gasteiger partial charge in [0.2, 0.25) is 0 Å². The van der Waals surface area contributed by atoms with Crippen LogP contribution in [0.15, 0.2) is 60.7 Å². The van der Waals surface area contributed by atoms with Gasteiger partial charge < -0.3 is 10.5 Å². The van der Waals surface area contributed by atoms with Crippen LogP contribution >= 0.6 is 0 Å². The van der Waals surface area contributed by atoms with E-state index in [1.807, 2.05) is 36.4 Å². The normalized spacial score (nSPS) is 10.4. The minimum absolute atomic E-state index is 0.0634. The summed E-state index contributed by atoms with van der Waals surface area (Å²) in [7, 11) is 0. The van der Waals surface area contributed by atoms with E-state index in [4.69, 9.17) is 10.5 Å². The summed E-state index contributed by atoms with van der Waals surface area (Å²) in [6.45, 7) is 0.139. The molecule has 1 amide bonds. The predicted octanol–water partition coefficient (Wildman–Crippen LogP) is 2.69. The number of ether oxygens (including phenoxy) is 1. The van der Waals surface area contributed by atoms with Gasteiger partial charge in [0.15, 0.2) is 0 Å². The highest BCUT2D eigenvalue weighted by Gasteiger charge is 2.16. The Hall–Kier alpha value is -3.21. The third-order valence-electron chi connectivity index (χ3n) is 3.40. The van der Waals surface area contributed by atoms with Crippen LogP contribution in [0.25, 0.3) is 10.8 Å². The van der Waals surface area contributed by atoms with Crippen LogP contribution in [0.3, 0.4) is 0 Å². The van der Waals surface area contributed by atoms with Crippen molar-refractivity contribution in [1.82, 2.24) is 4.98 Å². The monoisotopic (exact) mass is 306 g/mol. The Labute approximate surface area is 132 Å². The lowest BCUT2D eigenvalue weighted by Gasteiger charge is -2.08. The highest BCUT2D eigenvalue weighted by molar-refractivity contribution is 6.06. The van der Waals surface area contributed by atoms with Gasteiger partial charge in [-0.15, -0.1) is 0 Å². The maximum Gasteiger partial charge on any atom is 0.357 e. The number of hydrogen-bond donors (Lipinski definition) is 1. The molecule has 0 atom stereocenters. The van der Waals surface area contributed by atoms with E-state index < -0.39 is 11.9 Å². The Morgan fingerprint density at radius 2 is 1.70 bits per heavy atom. The topological polar surface area (TPSA) is 82.3 Å².